The highest BCUT2D eigenvalue weighted by Gasteiger charge is 2.12. The lowest BCUT2D eigenvalue weighted by molar-refractivity contribution is 0.628. The van der Waals surface area contributed by atoms with Crippen LogP contribution in [0, 0.1) is 5.82 Å². The molecule has 2 rings (SSSR count). The summed E-state index contributed by atoms with van der Waals surface area (Å²) < 4.78 is 14.5. The summed E-state index contributed by atoms with van der Waals surface area (Å²) >= 11 is 6.04. The predicted octanol–water partition coefficient (Wildman–Crippen LogP) is 2.34. The van der Waals surface area contributed by atoms with E-state index in [1.807, 2.05) is 0 Å². The fraction of sp³-hybridized carbons (Fsp3) is 0.182. The third-order valence-corrected chi connectivity index (χ3v) is 2.86. The van der Waals surface area contributed by atoms with Gasteiger partial charge in [-0.25, -0.2) is 9.37 Å². The van der Waals surface area contributed by atoms with Crippen LogP contribution < -0.4 is 5.73 Å². The molecule has 0 amide bonds. The average molecular weight is 240 g/mol. The van der Waals surface area contributed by atoms with Gasteiger partial charge < -0.3 is 10.3 Å². The van der Waals surface area contributed by atoms with Gasteiger partial charge >= 0.3 is 0 Å². The third kappa shape index (κ3) is 1.81. The van der Waals surface area contributed by atoms with Crippen molar-refractivity contribution in [1.29, 1.82) is 0 Å². The Kier molecular flexibility index (Phi) is 2.94. The van der Waals surface area contributed by atoms with Crippen LogP contribution in [0.4, 0.5) is 4.39 Å². The smallest absolute Gasteiger partial charge is 0.141 e. The number of benzene rings is 1. The van der Waals surface area contributed by atoms with Crippen molar-refractivity contribution in [3.63, 3.8) is 0 Å². The maximum absolute atomic E-state index is 12.8. The molecule has 0 aliphatic heterocycles. The maximum Gasteiger partial charge on any atom is 0.141 e. The number of aromatic nitrogens is 2. The fourth-order valence-electron chi connectivity index (χ4n) is 1.52. The van der Waals surface area contributed by atoms with Crippen molar-refractivity contribution in [1.82, 2.24) is 9.55 Å². The monoisotopic (exact) mass is 239 g/mol. The lowest BCUT2D eigenvalue weighted by atomic mass is 10.2. The zero-order valence-electron chi connectivity index (χ0n) is 8.74. The number of halogens is 2. The van der Waals surface area contributed by atoms with Crippen LogP contribution in [0.3, 0.4) is 0 Å². The molecule has 0 saturated heterocycles. The summed E-state index contributed by atoms with van der Waals surface area (Å²) in [6.07, 6.45) is 0. The first-order valence-electron chi connectivity index (χ1n) is 4.80. The van der Waals surface area contributed by atoms with E-state index in [0.29, 0.717) is 16.7 Å². The number of hydrogen-bond donors (Lipinski definition) is 1. The molecule has 0 aliphatic carbocycles. The summed E-state index contributed by atoms with van der Waals surface area (Å²) in [5.41, 5.74) is 6.97. The van der Waals surface area contributed by atoms with Crippen LogP contribution in [0.15, 0.2) is 24.3 Å². The van der Waals surface area contributed by atoms with Crippen LogP contribution in [0.2, 0.25) is 5.15 Å². The van der Waals surface area contributed by atoms with Gasteiger partial charge in [-0.1, -0.05) is 11.6 Å². The molecule has 0 radical (unpaired) electrons. The molecule has 1 heterocycles. The highest BCUT2D eigenvalue weighted by Crippen LogP contribution is 2.24. The van der Waals surface area contributed by atoms with E-state index in [1.54, 1.807) is 23.7 Å². The number of rotatable bonds is 2. The standard InChI is InChI=1S/C11H11ClFN3/c1-16-10(12)9(6-14)15-11(16)7-2-4-8(13)5-3-7/h2-5H,6,14H2,1H3. The van der Waals surface area contributed by atoms with E-state index in [9.17, 15) is 4.39 Å². The summed E-state index contributed by atoms with van der Waals surface area (Å²) in [5.74, 6) is 0.411. The van der Waals surface area contributed by atoms with Crippen molar-refractivity contribution in [3.05, 3.63) is 40.9 Å². The Morgan fingerprint density at radius 3 is 2.50 bits per heavy atom. The molecule has 0 aliphatic rings. The Bertz CT molecular complexity index is 505. The molecule has 2 N–H and O–H groups in total. The third-order valence-electron chi connectivity index (χ3n) is 2.39. The number of nitrogens with two attached hydrogens (primary N) is 1. The zero-order chi connectivity index (χ0) is 11.7. The second-order valence-corrected chi connectivity index (χ2v) is 3.80. The summed E-state index contributed by atoms with van der Waals surface area (Å²) in [7, 11) is 1.80. The van der Waals surface area contributed by atoms with Gasteiger partial charge in [-0.05, 0) is 24.3 Å². The maximum atomic E-state index is 12.8. The normalized spacial score (nSPS) is 10.8. The van der Waals surface area contributed by atoms with Gasteiger partial charge in [-0.15, -0.1) is 0 Å². The van der Waals surface area contributed by atoms with Crippen LogP contribution in [0.1, 0.15) is 5.69 Å². The quantitative estimate of drug-likeness (QED) is 0.874. The highest BCUT2D eigenvalue weighted by atomic mass is 35.5. The van der Waals surface area contributed by atoms with Gasteiger partial charge in [0.05, 0.1) is 5.69 Å². The van der Waals surface area contributed by atoms with Crippen LogP contribution >= 0.6 is 11.6 Å². The van der Waals surface area contributed by atoms with Crippen molar-refractivity contribution in [3.8, 4) is 11.4 Å². The van der Waals surface area contributed by atoms with E-state index in [4.69, 9.17) is 17.3 Å². The molecule has 0 saturated carbocycles. The van der Waals surface area contributed by atoms with Crippen molar-refractivity contribution in [2.45, 2.75) is 6.54 Å². The van der Waals surface area contributed by atoms with E-state index >= 15 is 0 Å². The molecule has 1 aromatic carbocycles. The van der Waals surface area contributed by atoms with Crippen molar-refractivity contribution >= 4 is 11.6 Å². The van der Waals surface area contributed by atoms with E-state index < -0.39 is 0 Å². The minimum absolute atomic E-state index is 0.275. The molecule has 5 heteroatoms. The molecule has 0 spiro atoms. The van der Waals surface area contributed by atoms with Crippen LogP contribution in [-0.4, -0.2) is 9.55 Å². The first-order chi connectivity index (χ1) is 7.63. The lowest BCUT2D eigenvalue weighted by Gasteiger charge is -2.01. The van der Waals surface area contributed by atoms with Gasteiger partial charge in [0, 0.05) is 19.2 Å². The molecule has 16 heavy (non-hydrogen) atoms. The van der Waals surface area contributed by atoms with E-state index in [2.05, 4.69) is 4.98 Å². The van der Waals surface area contributed by atoms with Crippen molar-refractivity contribution < 1.29 is 4.39 Å². The topological polar surface area (TPSA) is 43.8 Å². The Labute approximate surface area is 97.7 Å². The van der Waals surface area contributed by atoms with Crippen molar-refractivity contribution in [2.24, 2.45) is 12.8 Å². The predicted molar refractivity (Wildman–Crippen MR) is 61.5 cm³/mol. The molecule has 1 aromatic heterocycles. The molecular weight excluding hydrogens is 229 g/mol. The second kappa shape index (κ2) is 4.23. The molecule has 0 unspecified atom stereocenters. The summed E-state index contributed by atoms with van der Waals surface area (Å²) in [5, 5.41) is 0.516. The first-order valence-corrected chi connectivity index (χ1v) is 5.18. The van der Waals surface area contributed by atoms with E-state index in [-0.39, 0.29) is 12.4 Å². The van der Waals surface area contributed by atoms with E-state index in [1.165, 1.54) is 12.1 Å². The molecule has 84 valence electrons. The molecule has 0 atom stereocenters. The molecule has 0 bridgehead atoms. The number of nitrogens with zero attached hydrogens (tertiary/aromatic N) is 2. The number of hydrogen-bond acceptors (Lipinski definition) is 2. The fourth-order valence-corrected chi connectivity index (χ4v) is 1.72. The Balaban J connectivity index is 2.52. The molecular formula is C11H11ClFN3. The second-order valence-electron chi connectivity index (χ2n) is 3.44. The van der Waals surface area contributed by atoms with Gasteiger partial charge in [0.15, 0.2) is 0 Å². The van der Waals surface area contributed by atoms with Crippen LogP contribution in [-0.2, 0) is 13.6 Å². The zero-order valence-corrected chi connectivity index (χ0v) is 9.50. The van der Waals surface area contributed by atoms with Crippen LogP contribution in [0.5, 0.6) is 0 Å². The van der Waals surface area contributed by atoms with Crippen LogP contribution in [0.25, 0.3) is 11.4 Å². The summed E-state index contributed by atoms with van der Waals surface area (Å²) in [4.78, 5) is 4.31. The minimum atomic E-state index is -0.275. The van der Waals surface area contributed by atoms with Gasteiger partial charge in [0.1, 0.15) is 16.8 Å². The van der Waals surface area contributed by atoms with Gasteiger partial charge in [-0.2, -0.15) is 0 Å². The minimum Gasteiger partial charge on any atom is -0.325 e. The van der Waals surface area contributed by atoms with Crippen molar-refractivity contribution in [2.75, 3.05) is 0 Å². The SMILES string of the molecule is Cn1c(-c2ccc(F)cc2)nc(CN)c1Cl. The van der Waals surface area contributed by atoms with Gasteiger partial charge in [-0.3, -0.25) is 0 Å². The Morgan fingerprint density at radius 2 is 2.00 bits per heavy atom. The van der Waals surface area contributed by atoms with Gasteiger partial charge in [0.2, 0.25) is 0 Å². The Hall–Kier alpha value is -1.39. The molecule has 0 fully saturated rings. The molecule has 2 aromatic rings. The molecule has 3 nitrogen and oxygen atoms in total. The van der Waals surface area contributed by atoms with Gasteiger partial charge in [0.25, 0.3) is 0 Å². The highest BCUT2D eigenvalue weighted by molar-refractivity contribution is 6.30. The van der Waals surface area contributed by atoms with E-state index in [0.717, 1.165) is 5.56 Å². The summed E-state index contributed by atoms with van der Waals surface area (Å²) in [6, 6.07) is 6.10. The number of imidazole rings is 1. The Morgan fingerprint density at radius 1 is 1.38 bits per heavy atom. The first kappa shape index (κ1) is 11.1. The largest absolute Gasteiger partial charge is 0.325 e. The summed E-state index contributed by atoms with van der Waals surface area (Å²) in [6.45, 7) is 0.286. The lowest BCUT2D eigenvalue weighted by Crippen LogP contribution is -1.97. The average Bonchev–Trinajstić information content (AvgIpc) is 2.57.